The van der Waals surface area contributed by atoms with Gasteiger partial charge in [0.1, 0.15) is 16.8 Å². The standard InChI is InChI=1S/C15H22ClN3/c1-10-5-3-4-6-12(10)19(2)14-9-13(16)17-15(18-14)11-7-8-11/h9-12H,3-8H2,1-2H3. The number of hydrogen-bond acceptors (Lipinski definition) is 3. The molecule has 0 aromatic carbocycles. The van der Waals surface area contributed by atoms with Crippen molar-refractivity contribution in [1.29, 1.82) is 0 Å². The molecule has 4 heteroatoms. The minimum atomic E-state index is 0.551. The van der Waals surface area contributed by atoms with E-state index < -0.39 is 0 Å². The first-order chi connectivity index (χ1) is 9.15. The lowest BCUT2D eigenvalue weighted by Crippen LogP contribution is -2.39. The molecule has 2 aliphatic carbocycles. The van der Waals surface area contributed by atoms with Crippen LogP contribution in [-0.4, -0.2) is 23.1 Å². The first kappa shape index (κ1) is 13.2. The molecule has 2 saturated carbocycles. The third-order valence-corrected chi connectivity index (χ3v) is 4.76. The number of halogens is 1. The molecule has 2 atom stereocenters. The molecule has 1 aromatic rings. The molecule has 3 nitrogen and oxygen atoms in total. The topological polar surface area (TPSA) is 29.0 Å². The van der Waals surface area contributed by atoms with Gasteiger partial charge in [0.25, 0.3) is 0 Å². The van der Waals surface area contributed by atoms with Crippen molar-refractivity contribution < 1.29 is 0 Å². The van der Waals surface area contributed by atoms with E-state index in [0.29, 0.717) is 17.1 Å². The molecule has 2 fully saturated rings. The fraction of sp³-hybridized carbons (Fsp3) is 0.733. The van der Waals surface area contributed by atoms with Crippen molar-refractivity contribution in [2.45, 2.75) is 57.4 Å². The lowest BCUT2D eigenvalue weighted by atomic mass is 9.85. The number of aromatic nitrogens is 2. The lowest BCUT2D eigenvalue weighted by molar-refractivity contribution is 0.320. The maximum Gasteiger partial charge on any atom is 0.135 e. The average Bonchev–Trinajstić information content (AvgIpc) is 3.22. The molecule has 19 heavy (non-hydrogen) atoms. The molecule has 1 heterocycles. The van der Waals surface area contributed by atoms with Gasteiger partial charge in [-0.05, 0) is 31.6 Å². The largest absolute Gasteiger partial charge is 0.356 e. The third kappa shape index (κ3) is 2.86. The predicted molar refractivity (Wildman–Crippen MR) is 78.8 cm³/mol. The van der Waals surface area contributed by atoms with E-state index in [-0.39, 0.29) is 0 Å². The highest BCUT2D eigenvalue weighted by molar-refractivity contribution is 6.29. The molecule has 0 spiro atoms. The van der Waals surface area contributed by atoms with E-state index in [1.165, 1.54) is 38.5 Å². The first-order valence-electron chi connectivity index (χ1n) is 7.42. The van der Waals surface area contributed by atoms with Crippen LogP contribution in [0.1, 0.15) is 57.2 Å². The van der Waals surface area contributed by atoms with Gasteiger partial charge in [0, 0.05) is 25.1 Å². The predicted octanol–water partition coefficient (Wildman–Crippen LogP) is 4.02. The van der Waals surface area contributed by atoms with Crippen LogP contribution in [0.2, 0.25) is 5.15 Å². The maximum absolute atomic E-state index is 6.16. The number of rotatable bonds is 3. The zero-order valence-electron chi connectivity index (χ0n) is 11.8. The van der Waals surface area contributed by atoms with Crippen LogP contribution >= 0.6 is 11.6 Å². The van der Waals surface area contributed by atoms with E-state index >= 15 is 0 Å². The van der Waals surface area contributed by atoms with E-state index in [1.54, 1.807) is 0 Å². The number of hydrogen-bond donors (Lipinski definition) is 0. The molecule has 0 radical (unpaired) electrons. The van der Waals surface area contributed by atoms with Gasteiger partial charge in [-0.2, -0.15) is 0 Å². The van der Waals surface area contributed by atoms with Crippen LogP contribution in [0.15, 0.2) is 6.07 Å². The van der Waals surface area contributed by atoms with Crippen molar-refractivity contribution in [3.8, 4) is 0 Å². The molecule has 3 rings (SSSR count). The summed E-state index contributed by atoms with van der Waals surface area (Å²) in [6.07, 6.45) is 7.70. The van der Waals surface area contributed by atoms with Crippen molar-refractivity contribution >= 4 is 17.4 Å². The maximum atomic E-state index is 6.16. The Balaban J connectivity index is 1.83. The molecule has 104 valence electrons. The zero-order chi connectivity index (χ0) is 13.4. The van der Waals surface area contributed by atoms with Crippen molar-refractivity contribution in [2.75, 3.05) is 11.9 Å². The molecule has 0 saturated heterocycles. The zero-order valence-corrected chi connectivity index (χ0v) is 12.5. The van der Waals surface area contributed by atoms with Crippen LogP contribution in [0.25, 0.3) is 0 Å². The van der Waals surface area contributed by atoms with Crippen molar-refractivity contribution in [3.05, 3.63) is 17.0 Å². The Hall–Kier alpha value is -0.830. The Morgan fingerprint density at radius 3 is 2.58 bits per heavy atom. The van der Waals surface area contributed by atoms with E-state index in [4.69, 9.17) is 16.6 Å². The van der Waals surface area contributed by atoms with Crippen molar-refractivity contribution in [3.63, 3.8) is 0 Å². The Kier molecular flexibility index (Phi) is 3.66. The van der Waals surface area contributed by atoms with Crippen LogP contribution < -0.4 is 4.90 Å². The second-order valence-electron chi connectivity index (χ2n) is 6.12. The monoisotopic (exact) mass is 279 g/mol. The molecule has 2 unspecified atom stereocenters. The second-order valence-corrected chi connectivity index (χ2v) is 6.51. The van der Waals surface area contributed by atoms with Crippen molar-refractivity contribution in [1.82, 2.24) is 9.97 Å². The highest BCUT2D eigenvalue weighted by atomic mass is 35.5. The van der Waals surface area contributed by atoms with Gasteiger partial charge in [-0.15, -0.1) is 0 Å². The average molecular weight is 280 g/mol. The highest BCUT2D eigenvalue weighted by Crippen LogP contribution is 2.39. The summed E-state index contributed by atoms with van der Waals surface area (Å²) in [6.45, 7) is 2.35. The first-order valence-corrected chi connectivity index (χ1v) is 7.80. The normalized spacial score (nSPS) is 27.3. The lowest BCUT2D eigenvalue weighted by Gasteiger charge is -2.37. The quantitative estimate of drug-likeness (QED) is 0.783. The van der Waals surface area contributed by atoms with E-state index in [0.717, 1.165) is 17.6 Å². The molecule has 0 bridgehead atoms. The van der Waals surface area contributed by atoms with Crippen LogP contribution in [0.3, 0.4) is 0 Å². The van der Waals surface area contributed by atoms with Gasteiger partial charge in [-0.25, -0.2) is 9.97 Å². The minimum Gasteiger partial charge on any atom is -0.356 e. The van der Waals surface area contributed by atoms with Gasteiger partial charge < -0.3 is 4.90 Å². The molecule has 0 aliphatic heterocycles. The smallest absolute Gasteiger partial charge is 0.135 e. The summed E-state index contributed by atoms with van der Waals surface area (Å²) in [7, 11) is 2.15. The van der Waals surface area contributed by atoms with Gasteiger partial charge in [0.15, 0.2) is 0 Å². The summed E-state index contributed by atoms with van der Waals surface area (Å²) in [4.78, 5) is 11.4. The van der Waals surface area contributed by atoms with Crippen LogP contribution in [0.5, 0.6) is 0 Å². The second kappa shape index (κ2) is 5.28. The Morgan fingerprint density at radius 1 is 1.16 bits per heavy atom. The van der Waals surface area contributed by atoms with Crippen molar-refractivity contribution in [2.24, 2.45) is 5.92 Å². The summed E-state index contributed by atoms with van der Waals surface area (Å²) in [6, 6.07) is 2.50. The van der Waals surface area contributed by atoms with Gasteiger partial charge in [-0.1, -0.05) is 31.4 Å². The van der Waals surface area contributed by atoms with Crippen LogP contribution in [-0.2, 0) is 0 Å². The number of anilines is 1. The van der Waals surface area contributed by atoms with Crippen LogP contribution in [0.4, 0.5) is 5.82 Å². The summed E-state index contributed by atoms with van der Waals surface area (Å²) in [5.41, 5.74) is 0. The summed E-state index contributed by atoms with van der Waals surface area (Å²) >= 11 is 6.16. The fourth-order valence-corrected chi connectivity index (χ4v) is 3.35. The van der Waals surface area contributed by atoms with Gasteiger partial charge in [-0.3, -0.25) is 0 Å². The third-order valence-electron chi connectivity index (χ3n) is 4.57. The van der Waals surface area contributed by atoms with E-state index in [2.05, 4.69) is 23.9 Å². The summed E-state index contributed by atoms with van der Waals surface area (Å²) in [5.74, 6) is 3.23. The fourth-order valence-electron chi connectivity index (χ4n) is 3.17. The molecular weight excluding hydrogens is 258 g/mol. The summed E-state index contributed by atoms with van der Waals surface area (Å²) in [5, 5.41) is 0.585. The Labute approximate surface area is 120 Å². The summed E-state index contributed by atoms with van der Waals surface area (Å²) < 4.78 is 0. The highest BCUT2D eigenvalue weighted by Gasteiger charge is 2.30. The Bertz CT molecular complexity index is 459. The molecule has 2 aliphatic rings. The van der Waals surface area contributed by atoms with Crippen LogP contribution in [0, 0.1) is 5.92 Å². The number of nitrogens with zero attached hydrogens (tertiary/aromatic N) is 3. The van der Waals surface area contributed by atoms with Gasteiger partial charge in [0.2, 0.25) is 0 Å². The van der Waals surface area contributed by atoms with Gasteiger partial charge in [0.05, 0.1) is 0 Å². The van der Waals surface area contributed by atoms with Gasteiger partial charge >= 0.3 is 0 Å². The van der Waals surface area contributed by atoms with E-state index in [1.807, 2.05) is 6.07 Å². The molecule has 0 amide bonds. The molecular formula is C15H22ClN3. The molecule has 1 aromatic heterocycles. The Morgan fingerprint density at radius 2 is 1.89 bits per heavy atom. The SMILES string of the molecule is CC1CCCCC1N(C)c1cc(Cl)nc(C2CC2)n1. The molecule has 0 N–H and O–H groups in total. The van der Waals surface area contributed by atoms with E-state index in [9.17, 15) is 0 Å². The minimum absolute atomic E-state index is 0.551.